The lowest BCUT2D eigenvalue weighted by molar-refractivity contribution is -0.143. The number of hydrogen-bond acceptors (Lipinski definition) is 5. The van der Waals surface area contributed by atoms with E-state index in [1.807, 2.05) is 36.2 Å². The third-order valence-corrected chi connectivity index (χ3v) is 6.80. The van der Waals surface area contributed by atoms with Gasteiger partial charge in [-0.3, -0.25) is 4.90 Å². The summed E-state index contributed by atoms with van der Waals surface area (Å²) in [7, 11) is 3.15. The fraction of sp³-hybridized carbons (Fsp3) is 0.360. The number of alkyl halides is 1. The van der Waals surface area contributed by atoms with Crippen LogP contribution >= 0.6 is 45.8 Å². The summed E-state index contributed by atoms with van der Waals surface area (Å²) < 4.78 is 10.7. The van der Waals surface area contributed by atoms with E-state index in [1.54, 1.807) is 0 Å². The van der Waals surface area contributed by atoms with Crippen molar-refractivity contribution in [2.45, 2.75) is 18.8 Å². The number of hydrogen-bond donors (Lipinski definition) is 0. The van der Waals surface area contributed by atoms with Crippen molar-refractivity contribution >= 4 is 57.7 Å². The Morgan fingerprint density at radius 1 is 1.00 bits per heavy atom. The van der Waals surface area contributed by atoms with Gasteiger partial charge in [0.05, 0.1) is 7.11 Å². The second-order valence-corrected chi connectivity index (χ2v) is 9.83. The van der Waals surface area contributed by atoms with Gasteiger partial charge in [-0.15, -0.1) is 0 Å². The van der Waals surface area contributed by atoms with Crippen molar-refractivity contribution in [2.75, 3.05) is 31.9 Å². The van der Waals surface area contributed by atoms with Gasteiger partial charge in [0, 0.05) is 34.2 Å². The average Bonchev–Trinajstić information content (AvgIpc) is 2.81. The van der Waals surface area contributed by atoms with Crippen molar-refractivity contribution in [3.63, 3.8) is 0 Å². The lowest BCUT2D eigenvalue weighted by Gasteiger charge is -2.41. The average molecular weight is 604 g/mol. The molecule has 0 spiro atoms. The molecule has 0 fully saturated rings. The molecule has 2 aromatic rings. The van der Waals surface area contributed by atoms with E-state index < -0.39 is 11.9 Å². The number of carbonyl (C=O) groups excluding carboxylic acids is 2. The Kier molecular flexibility index (Phi) is 11.2. The highest BCUT2D eigenvalue weighted by molar-refractivity contribution is 14.1. The largest absolute Gasteiger partial charge is 0.466 e. The number of esters is 2. The maximum Gasteiger partial charge on any atom is 0.332 e. The van der Waals surface area contributed by atoms with Crippen LogP contribution in [0.1, 0.15) is 24.5 Å². The fourth-order valence-electron chi connectivity index (χ4n) is 3.78. The molecule has 0 aliphatic heterocycles. The lowest BCUT2D eigenvalue weighted by Crippen LogP contribution is -2.41. The Balaban J connectivity index is 2.27. The predicted octanol–water partition coefficient (Wildman–Crippen LogP) is 5.90. The summed E-state index contributed by atoms with van der Waals surface area (Å²) in [5.41, 5.74) is 1.97. The molecular weight excluding hydrogens is 576 g/mol. The van der Waals surface area contributed by atoms with Gasteiger partial charge >= 0.3 is 11.9 Å². The van der Waals surface area contributed by atoms with Crippen LogP contribution in [0.3, 0.4) is 0 Å². The number of halogens is 3. The van der Waals surface area contributed by atoms with E-state index in [9.17, 15) is 9.59 Å². The summed E-state index contributed by atoms with van der Waals surface area (Å²) in [6.45, 7) is 3.01. The van der Waals surface area contributed by atoms with Crippen LogP contribution in [0.25, 0.3) is 0 Å². The van der Waals surface area contributed by atoms with Crippen LogP contribution in [-0.4, -0.2) is 48.7 Å². The summed E-state index contributed by atoms with van der Waals surface area (Å²) in [6, 6.07) is 15.9. The zero-order chi connectivity index (χ0) is 24.4. The Hall–Kier alpha value is -1.61. The molecule has 0 heterocycles. The van der Waals surface area contributed by atoms with Crippen molar-refractivity contribution in [1.29, 1.82) is 0 Å². The monoisotopic (exact) mass is 603 g/mol. The molecule has 5 nitrogen and oxygen atoms in total. The van der Waals surface area contributed by atoms with E-state index >= 15 is 0 Å². The molecule has 1 unspecified atom stereocenters. The standard InChI is InChI=1S/C25H28Cl2INO4/c1-25(18-4-8-21(26)9-5-18,19-6-10-22(27)11-7-19)20(14-15-28)16-29(2)17-33-24(31)13-12-23(30)32-3/h4-13,20H,14-17H2,1-3H3/b13-12-. The van der Waals surface area contributed by atoms with Crippen LogP contribution in [0.15, 0.2) is 60.7 Å². The number of rotatable bonds is 11. The van der Waals surface area contributed by atoms with Crippen LogP contribution in [0.5, 0.6) is 0 Å². The third kappa shape index (κ3) is 7.98. The van der Waals surface area contributed by atoms with Gasteiger partial charge in [0.25, 0.3) is 0 Å². The summed E-state index contributed by atoms with van der Waals surface area (Å²) in [4.78, 5) is 25.0. The van der Waals surface area contributed by atoms with Crippen LogP contribution in [0.2, 0.25) is 10.0 Å². The summed E-state index contributed by atoms with van der Waals surface area (Å²) in [5, 5.41) is 1.37. The highest BCUT2D eigenvalue weighted by atomic mass is 127. The molecule has 0 aliphatic rings. The van der Waals surface area contributed by atoms with E-state index in [4.69, 9.17) is 27.9 Å². The lowest BCUT2D eigenvalue weighted by atomic mass is 9.66. The molecule has 0 saturated carbocycles. The first kappa shape index (κ1) is 27.6. The molecule has 0 aliphatic carbocycles. The number of benzene rings is 2. The van der Waals surface area contributed by atoms with Crippen molar-refractivity contribution in [3.05, 3.63) is 81.9 Å². The quantitative estimate of drug-likeness (QED) is 0.105. The second-order valence-electron chi connectivity index (χ2n) is 7.88. The normalized spacial score (nSPS) is 12.7. The van der Waals surface area contributed by atoms with Crippen molar-refractivity contribution in [3.8, 4) is 0 Å². The third-order valence-electron chi connectivity index (χ3n) is 5.68. The van der Waals surface area contributed by atoms with Gasteiger partial charge in [-0.05, 0) is 59.2 Å². The maximum atomic E-state index is 11.9. The van der Waals surface area contributed by atoms with E-state index in [1.165, 1.54) is 7.11 Å². The van der Waals surface area contributed by atoms with Gasteiger partial charge in [-0.25, -0.2) is 9.59 Å². The van der Waals surface area contributed by atoms with Gasteiger partial charge in [-0.1, -0.05) is 77.0 Å². The fourth-order valence-corrected chi connectivity index (χ4v) is 4.78. The molecule has 2 aromatic carbocycles. The van der Waals surface area contributed by atoms with Crippen LogP contribution in [0, 0.1) is 5.92 Å². The van der Waals surface area contributed by atoms with Gasteiger partial charge < -0.3 is 9.47 Å². The second kappa shape index (κ2) is 13.3. The summed E-state index contributed by atoms with van der Waals surface area (Å²) >= 11 is 14.7. The summed E-state index contributed by atoms with van der Waals surface area (Å²) in [5.74, 6) is -1.01. The van der Waals surface area contributed by atoms with Gasteiger partial charge in [-0.2, -0.15) is 0 Å². The topological polar surface area (TPSA) is 55.8 Å². The highest BCUT2D eigenvalue weighted by Crippen LogP contribution is 2.42. The maximum absolute atomic E-state index is 11.9. The molecule has 0 bridgehead atoms. The van der Waals surface area contributed by atoms with Crippen molar-refractivity contribution in [1.82, 2.24) is 4.90 Å². The molecular formula is C25H28Cl2INO4. The Morgan fingerprint density at radius 2 is 1.48 bits per heavy atom. The van der Waals surface area contributed by atoms with E-state index in [0.29, 0.717) is 16.6 Å². The first-order valence-electron chi connectivity index (χ1n) is 10.4. The zero-order valence-electron chi connectivity index (χ0n) is 18.9. The molecule has 0 radical (unpaired) electrons. The minimum Gasteiger partial charge on any atom is -0.466 e. The van der Waals surface area contributed by atoms with Gasteiger partial charge in [0.1, 0.15) is 6.73 Å². The SMILES string of the molecule is COC(=O)/C=C\C(=O)OCN(C)CC(CCI)C(C)(c1ccc(Cl)cc1)c1ccc(Cl)cc1. The molecule has 178 valence electrons. The molecule has 1 atom stereocenters. The van der Waals surface area contributed by atoms with Crippen molar-refractivity contribution in [2.24, 2.45) is 5.92 Å². The molecule has 0 saturated heterocycles. The van der Waals surface area contributed by atoms with E-state index in [2.05, 4.69) is 58.5 Å². The number of ether oxygens (including phenoxy) is 2. The highest BCUT2D eigenvalue weighted by Gasteiger charge is 2.38. The first-order chi connectivity index (χ1) is 15.7. The number of nitrogens with zero attached hydrogens (tertiary/aromatic N) is 1. The van der Waals surface area contributed by atoms with Gasteiger partial charge in [0.15, 0.2) is 0 Å². The smallest absolute Gasteiger partial charge is 0.332 e. The molecule has 0 amide bonds. The Labute approximate surface area is 219 Å². The molecule has 0 N–H and O–H groups in total. The Bertz CT molecular complexity index is 902. The van der Waals surface area contributed by atoms with Crippen molar-refractivity contribution < 1.29 is 19.1 Å². The number of carbonyl (C=O) groups is 2. The molecule has 2 rings (SSSR count). The Morgan fingerprint density at radius 3 is 1.94 bits per heavy atom. The number of methoxy groups -OCH3 is 1. The minimum absolute atomic E-state index is 0.0966. The minimum atomic E-state index is -0.607. The molecule has 0 aromatic heterocycles. The zero-order valence-corrected chi connectivity index (χ0v) is 22.6. The van der Waals surface area contributed by atoms with E-state index in [-0.39, 0.29) is 18.1 Å². The molecule has 33 heavy (non-hydrogen) atoms. The van der Waals surface area contributed by atoms with Crippen LogP contribution in [0.4, 0.5) is 0 Å². The summed E-state index contributed by atoms with van der Waals surface area (Å²) in [6.07, 6.45) is 3.05. The van der Waals surface area contributed by atoms with Crippen LogP contribution in [-0.2, 0) is 24.5 Å². The molecule has 8 heteroatoms. The first-order valence-corrected chi connectivity index (χ1v) is 12.7. The van der Waals surface area contributed by atoms with E-state index in [0.717, 1.165) is 34.1 Å². The predicted molar refractivity (Wildman–Crippen MR) is 141 cm³/mol. The van der Waals surface area contributed by atoms with Crippen LogP contribution < -0.4 is 0 Å². The van der Waals surface area contributed by atoms with Gasteiger partial charge in [0.2, 0.25) is 0 Å².